The van der Waals surface area contributed by atoms with Crippen molar-refractivity contribution in [1.29, 1.82) is 0 Å². The number of ether oxygens (including phenoxy) is 2. The van der Waals surface area contributed by atoms with Crippen molar-refractivity contribution in [2.24, 2.45) is 11.8 Å². The van der Waals surface area contributed by atoms with Crippen LogP contribution in [0.2, 0.25) is 0 Å². The third-order valence-corrected chi connectivity index (χ3v) is 5.42. The Labute approximate surface area is 178 Å². The molecule has 1 saturated heterocycles. The van der Waals surface area contributed by atoms with Crippen LogP contribution in [0.3, 0.4) is 0 Å². The van der Waals surface area contributed by atoms with Gasteiger partial charge < -0.3 is 19.9 Å². The standard InChI is InChI=1S/C21H30N2O5.ClH/c1-14(2)20(16-4-5-17-18(12-16)28-11-3-10-27-17)22-19(24)13-23-8-6-15(7-9-23)21(25)26;/h4-5,12,14-15,20H,3,6-11,13H2,1-2H3,(H,22,24)(H,25,26);1H. The quantitative estimate of drug-likeness (QED) is 0.727. The summed E-state index contributed by atoms with van der Waals surface area (Å²) in [6, 6.07) is 5.73. The molecule has 1 atom stereocenters. The van der Waals surface area contributed by atoms with Gasteiger partial charge in [-0.15, -0.1) is 12.4 Å². The van der Waals surface area contributed by atoms with Crippen LogP contribution in [0.5, 0.6) is 11.5 Å². The van der Waals surface area contributed by atoms with Crippen LogP contribution >= 0.6 is 12.4 Å². The second kappa shape index (κ2) is 10.7. The molecule has 1 fully saturated rings. The van der Waals surface area contributed by atoms with Gasteiger partial charge in [-0.1, -0.05) is 19.9 Å². The van der Waals surface area contributed by atoms with Crippen LogP contribution in [0.25, 0.3) is 0 Å². The number of likely N-dealkylation sites (tertiary alicyclic amines) is 1. The number of amides is 1. The number of carboxylic acid groups (broad SMARTS) is 1. The molecule has 2 aliphatic rings. The van der Waals surface area contributed by atoms with Crippen molar-refractivity contribution in [3.05, 3.63) is 23.8 Å². The number of piperidine rings is 1. The number of rotatable bonds is 6. The number of carbonyl (C=O) groups is 2. The van der Waals surface area contributed by atoms with Crippen molar-refractivity contribution in [3.63, 3.8) is 0 Å². The van der Waals surface area contributed by atoms with E-state index in [-0.39, 0.29) is 36.2 Å². The number of halogens is 1. The van der Waals surface area contributed by atoms with Crippen LogP contribution in [0.15, 0.2) is 18.2 Å². The van der Waals surface area contributed by atoms with Gasteiger partial charge in [-0.05, 0) is 49.5 Å². The molecule has 1 amide bonds. The lowest BCUT2D eigenvalue weighted by Crippen LogP contribution is -2.44. The minimum atomic E-state index is -0.738. The normalized spacial score (nSPS) is 18.4. The molecule has 1 unspecified atom stereocenters. The number of fused-ring (bicyclic) bond motifs is 1. The highest BCUT2D eigenvalue weighted by atomic mass is 35.5. The van der Waals surface area contributed by atoms with E-state index in [1.807, 2.05) is 23.1 Å². The lowest BCUT2D eigenvalue weighted by molar-refractivity contribution is -0.143. The first kappa shape index (κ1) is 23.3. The van der Waals surface area contributed by atoms with Crippen LogP contribution in [0, 0.1) is 11.8 Å². The van der Waals surface area contributed by atoms with Crippen molar-refractivity contribution in [2.75, 3.05) is 32.8 Å². The van der Waals surface area contributed by atoms with E-state index in [1.165, 1.54) is 0 Å². The summed E-state index contributed by atoms with van der Waals surface area (Å²) < 4.78 is 11.5. The third kappa shape index (κ3) is 6.24. The molecular weight excluding hydrogens is 396 g/mol. The molecule has 1 aromatic carbocycles. The molecule has 2 aliphatic heterocycles. The smallest absolute Gasteiger partial charge is 0.306 e. The zero-order valence-electron chi connectivity index (χ0n) is 17.1. The molecule has 0 bridgehead atoms. The molecule has 0 spiro atoms. The summed E-state index contributed by atoms with van der Waals surface area (Å²) in [5.74, 6) is 0.621. The lowest BCUT2D eigenvalue weighted by Gasteiger charge is -2.30. The largest absolute Gasteiger partial charge is 0.490 e. The van der Waals surface area contributed by atoms with E-state index < -0.39 is 5.97 Å². The minimum absolute atomic E-state index is 0. The second-order valence-electron chi connectivity index (χ2n) is 7.93. The van der Waals surface area contributed by atoms with Gasteiger partial charge in [-0.25, -0.2) is 0 Å². The Kier molecular flexibility index (Phi) is 8.59. The first-order valence-corrected chi connectivity index (χ1v) is 10.1. The molecule has 7 nitrogen and oxygen atoms in total. The van der Waals surface area contributed by atoms with Crippen LogP contribution in [0.4, 0.5) is 0 Å². The fraction of sp³-hybridized carbons (Fsp3) is 0.619. The van der Waals surface area contributed by atoms with E-state index in [2.05, 4.69) is 19.2 Å². The average Bonchev–Trinajstić information content (AvgIpc) is 2.91. The van der Waals surface area contributed by atoms with Gasteiger partial charge in [0.1, 0.15) is 0 Å². The molecular formula is C21H31ClN2O5. The number of hydrogen-bond donors (Lipinski definition) is 2. The number of aliphatic carboxylic acids is 1. The maximum Gasteiger partial charge on any atom is 0.306 e. The SMILES string of the molecule is CC(C)C(NC(=O)CN1CCC(C(=O)O)CC1)c1ccc2c(c1)OCCCO2.Cl. The second-order valence-corrected chi connectivity index (χ2v) is 7.93. The zero-order chi connectivity index (χ0) is 20.1. The highest BCUT2D eigenvalue weighted by Crippen LogP contribution is 2.34. The summed E-state index contributed by atoms with van der Waals surface area (Å²) in [6.45, 7) is 7.00. The van der Waals surface area contributed by atoms with Gasteiger partial charge in [-0.3, -0.25) is 14.5 Å². The highest BCUT2D eigenvalue weighted by molar-refractivity contribution is 5.85. The Balaban J connectivity index is 0.00000300. The third-order valence-electron chi connectivity index (χ3n) is 5.42. The Morgan fingerprint density at radius 1 is 1.17 bits per heavy atom. The number of nitrogens with zero attached hydrogens (tertiary/aromatic N) is 1. The fourth-order valence-electron chi connectivity index (χ4n) is 3.77. The first-order chi connectivity index (χ1) is 13.4. The van der Waals surface area contributed by atoms with Crippen LogP contribution in [-0.4, -0.2) is 54.7 Å². The molecule has 2 heterocycles. The van der Waals surface area contributed by atoms with Gasteiger partial charge in [0, 0.05) is 6.42 Å². The summed E-state index contributed by atoms with van der Waals surface area (Å²) in [5.41, 5.74) is 0.997. The average molecular weight is 427 g/mol. The van der Waals surface area contributed by atoms with E-state index in [0.717, 1.165) is 23.5 Å². The molecule has 1 aromatic rings. The zero-order valence-corrected chi connectivity index (χ0v) is 17.9. The van der Waals surface area contributed by atoms with E-state index in [9.17, 15) is 9.59 Å². The van der Waals surface area contributed by atoms with Gasteiger partial charge in [0.15, 0.2) is 11.5 Å². The van der Waals surface area contributed by atoms with Gasteiger partial charge in [0.25, 0.3) is 0 Å². The number of nitrogens with one attached hydrogen (secondary N) is 1. The minimum Gasteiger partial charge on any atom is -0.490 e. The Bertz CT molecular complexity index is 704. The molecule has 8 heteroatoms. The molecule has 0 aliphatic carbocycles. The van der Waals surface area contributed by atoms with Crippen LogP contribution < -0.4 is 14.8 Å². The van der Waals surface area contributed by atoms with Gasteiger partial charge in [-0.2, -0.15) is 0 Å². The highest BCUT2D eigenvalue weighted by Gasteiger charge is 2.27. The van der Waals surface area contributed by atoms with Crippen molar-refractivity contribution in [1.82, 2.24) is 10.2 Å². The summed E-state index contributed by atoms with van der Waals surface area (Å²) in [5, 5.41) is 12.2. The van der Waals surface area contributed by atoms with Crippen molar-refractivity contribution in [2.45, 2.75) is 39.2 Å². The Hall–Kier alpha value is -1.99. The Morgan fingerprint density at radius 3 is 2.45 bits per heavy atom. The molecule has 0 aromatic heterocycles. The maximum atomic E-state index is 12.6. The van der Waals surface area contributed by atoms with Crippen molar-refractivity contribution >= 4 is 24.3 Å². The molecule has 0 radical (unpaired) electrons. The molecule has 29 heavy (non-hydrogen) atoms. The topological polar surface area (TPSA) is 88.1 Å². The van der Waals surface area contributed by atoms with Gasteiger partial charge >= 0.3 is 5.97 Å². The van der Waals surface area contributed by atoms with Gasteiger partial charge in [0.05, 0.1) is 31.7 Å². The number of hydrogen-bond acceptors (Lipinski definition) is 5. The summed E-state index contributed by atoms with van der Waals surface area (Å²) in [6.07, 6.45) is 2.05. The first-order valence-electron chi connectivity index (χ1n) is 10.1. The Morgan fingerprint density at radius 2 is 1.83 bits per heavy atom. The fourth-order valence-corrected chi connectivity index (χ4v) is 3.77. The number of carbonyl (C=O) groups excluding carboxylic acids is 1. The summed E-state index contributed by atoms with van der Waals surface area (Å²) in [7, 11) is 0. The summed E-state index contributed by atoms with van der Waals surface area (Å²) in [4.78, 5) is 25.7. The van der Waals surface area contributed by atoms with Crippen molar-refractivity contribution < 1.29 is 24.2 Å². The lowest BCUT2D eigenvalue weighted by atomic mass is 9.95. The molecule has 162 valence electrons. The molecule has 0 saturated carbocycles. The predicted octanol–water partition coefficient (Wildman–Crippen LogP) is 2.88. The van der Waals surface area contributed by atoms with E-state index in [1.54, 1.807) is 0 Å². The summed E-state index contributed by atoms with van der Waals surface area (Å²) >= 11 is 0. The van der Waals surface area contributed by atoms with E-state index in [4.69, 9.17) is 14.6 Å². The predicted molar refractivity (Wildman–Crippen MR) is 112 cm³/mol. The van der Waals surface area contributed by atoms with Crippen LogP contribution in [-0.2, 0) is 9.59 Å². The van der Waals surface area contributed by atoms with Crippen molar-refractivity contribution in [3.8, 4) is 11.5 Å². The number of carboxylic acids is 1. The number of benzene rings is 1. The van der Waals surface area contributed by atoms with E-state index >= 15 is 0 Å². The molecule has 2 N–H and O–H groups in total. The van der Waals surface area contributed by atoms with Gasteiger partial charge in [0.2, 0.25) is 5.91 Å². The molecule has 3 rings (SSSR count). The van der Waals surface area contributed by atoms with E-state index in [0.29, 0.717) is 45.7 Å². The van der Waals surface area contributed by atoms with Crippen LogP contribution in [0.1, 0.15) is 44.7 Å². The monoisotopic (exact) mass is 426 g/mol. The maximum absolute atomic E-state index is 12.6.